The first-order chi connectivity index (χ1) is 27.2. The van der Waals surface area contributed by atoms with Crippen LogP contribution in [0, 0.1) is 5.82 Å². The number of anilines is 1. The van der Waals surface area contributed by atoms with E-state index < -0.39 is 0 Å². The van der Waals surface area contributed by atoms with Gasteiger partial charge in [0.05, 0.1) is 23.3 Å². The summed E-state index contributed by atoms with van der Waals surface area (Å²) < 4.78 is 22.6. The lowest BCUT2D eigenvalue weighted by atomic mass is 10.00. The number of nitrogens with one attached hydrogen (secondary N) is 3. The molecule has 2 aliphatic heterocycles. The summed E-state index contributed by atoms with van der Waals surface area (Å²) in [4.78, 5) is 45.9. The van der Waals surface area contributed by atoms with E-state index in [9.17, 15) is 14.4 Å². The Balaban J connectivity index is 1.02. The van der Waals surface area contributed by atoms with Gasteiger partial charge in [0.2, 0.25) is 5.91 Å². The summed E-state index contributed by atoms with van der Waals surface area (Å²) in [5, 5.41) is 15.2. The fraction of sp³-hybridized carbons (Fsp3) is 0.372. The van der Waals surface area contributed by atoms with Gasteiger partial charge in [-0.25, -0.2) is 14.1 Å². The van der Waals surface area contributed by atoms with Crippen molar-refractivity contribution in [3.05, 3.63) is 112 Å². The number of fused-ring (bicyclic) bond motifs is 1. The van der Waals surface area contributed by atoms with Gasteiger partial charge >= 0.3 is 0 Å². The Kier molecular flexibility index (Phi) is 12.0. The number of rotatable bonds is 14. The highest BCUT2D eigenvalue weighted by atomic mass is 19.1. The Morgan fingerprint density at radius 3 is 2.39 bits per heavy atom. The van der Waals surface area contributed by atoms with Crippen molar-refractivity contribution in [2.75, 3.05) is 25.1 Å². The van der Waals surface area contributed by atoms with Crippen LogP contribution in [0.15, 0.2) is 72.9 Å². The van der Waals surface area contributed by atoms with E-state index in [0.29, 0.717) is 60.5 Å². The molecule has 5 aromatic rings. The molecule has 4 heterocycles. The smallest absolute Gasteiger partial charge is 0.251 e. The van der Waals surface area contributed by atoms with E-state index in [-0.39, 0.29) is 48.7 Å². The van der Waals surface area contributed by atoms with E-state index in [1.807, 2.05) is 42.1 Å². The molecule has 5 N–H and O–H groups in total. The number of halogens is 1. The SMILES string of the molecule is CCc1nc2c(cnn2CC)c(NC2CCOCC2)c1CNC(=O)c1cccc(C(=O)NCc2ccc(F)c(-c3cccc(CN4CCC[C@@H]4C(N)=O)c3)c2)c1. The summed E-state index contributed by atoms with van der Waals surface area (Å²) in [6.45, 7) is 7.89. The maximum absolute atomic E-state index is 15.2. The number of aryl methyl sites for hydroxylation is 2. The molecule has 56 heavy (non-hydrogen) atoms. The molecule has 12 nitrogen and oxygen atoms in total. The maximum Gasteiger partial charge on any atom is 0.251 e. The van der Waals surface area contributed by atoms with Gasteiger partial charge in [-0.15, -0.1) is 0 Å². The van der Waals surface area contributed by atoms with Gasteiger partial charge < -0.3 is 26.4 Å². The summed E-state index contributed by atoms with van der Waals surface area (Å²) in [6, 6.07) is 18.9. The molecule has 0 saturated carbocycles. The third-order valence-corrected chi connectivity index (χ3v) is 10.8. The third-order valence-electron chi connectivity index (χ3n) is 10.8. The molecule has 7 rings (SSSR count). The van der Waals surface area contributed by atoms with Crippen LogP contribution in [0.5, 0.6) is 0 Å². The van der Waals surface area contributed by atoms with Crippen LogP contribution in [0.25, 0.3) is 22.2 Å². The van der Waals surface area contributed by atoms with E-state index in [0.717, 1.165) is 65.8 Å². The number of carbonyl (C=O) groups excluding carboxylic acids is 3. The molecule has 0 unspecified atom stereocenters. The minimum absolute atomic E-state index is 0.156. The van der Waals surface area contributed by atoms with Gasteiger partial charge in [-0.1, -0.05) is 37.3 Å². The number of likely N-dealkylation sites (tertiary alicyclic amines) is 1. The molecule has 3 aromatic carbocycles. The lowest BCUT2D eigenvalue weighted by Gasteiger charge is -2.26. The second-order valence-corrected chi connectivity index (χ2v) is 14.5. The van der Waals surface area contributed by atoms with Crippen LogP contribution >= 0.6 is 0 Å². The van der Waals surface area contributed by atoms with Gasteiger partial charge in [-0.3, -0.25) is 19.3 Å². The van der Waals surface area contributed by atoms with Gasteiger partial charge in [0.15, 0.2) is 5.65 Å². The van der Waals surface area contributed by atoms with E-state index in [2.05, 4.69) is 32.9 Å². The molecule has 2 saturated heterocycles. The fourth-order valence-electron chi connectivity index (χ4n) is 7.77. The Bertz CT molecular complexity index is 2230. The average Bonchev–Trinajstić information content (AvgIpc) is 3.87. The highest BCUT2D eigenvalue weighted by Gasteiger charge is 2.29. The molecule has 2 aromatic heterocycles. The standard InChI is InChI=1S/C43H49FN8O4/c1-3-37-34(39(49-32-15-18-56-19-16-32)35-25-48-52(4-2)41(35)50-37)24-47-43(55)31-11-6-10-30(22-31)42(54)46-23-27-13-14-36(44)33(21-27)29-9-5-8-28(20-29)26-51-17-7-12-38(51)40(45)53/h5-6,8-11,13-14,20-22,25,32,38H,3-4,7,12,15-19,23-24,26H2,1-2H3,(H2,45,53)(H,46,54)(H,47,55)(H,49,50)/t38-/m1/s1. The molecule has 0 radical (unpaired) electrons. The predicted octanol–water partition coefficient (Wildman–Crippen LogP) is 5.72. The van der Waals surface area contributed by atoms with Crippen LogP contribution in [0.2, 0.25) is 0 Å². The van der Waals surface area contributed by atoms with Crippen LogP contribution in [0.3, 0.4) is 0 Å². The zero-order chi connectivity index (χ0) is 39.2. The molecule has 1 atom stereocenters. The minimum atomic E-state index is -0.378. The molecule has 292 valence electrons. The number of hydrogen-bond donors (Lipinski definition) is 4. The highest BCUT2D eigenvalue weighted by molar-refractivity contribution is 6.00. The average molecular weight is 761 g/mol. The zero-order valence-electron chi connectivity index (χ0n) is 31.9. The van der Waals surface area contributed by atoms with E-state index in [1.165, 1.54) is 6.07 Å². The molecular weight excluding hydrogens is 712 g/mol. The van der Waals surface area contributed by atoms with Crippen molar-refractivity contribution in [2.45, 2.75) is 84.2 Å². The maximum atomic E-state index is 15.2. The van der Waals surface area contributed by atoms with Crippen molar-refractivity contribution in [1.82, 2.24) is 30.3 Å². The first-order valence-electron chi connectivity index (χ1n) is 19.5. The zero-order valence-corrected chi connectivity index (χ0v) is 31.9. The first-order valence-corrected chi connectivity index (χ1v) is 19.5. The molecular formula is C43H49FN8O4. The minimum Gasteiger partial charge on any atom is -0.381 e. The van der Waals surface area contributed by atoms with E-state index in [1.54, 1.807) is 36.4 Å². The normalized spacial score (nSPS) is 16.2. The van der Waals surface area contributed by atoms with Gasteiger partial charge in [-0.05, 0) is 98.7 Å². The summed E-state index contributed by atoms with van der Waals surface area (Å²) in [7, 11) is 0. The van der Waals surface area contributed by atoms with Crippen molar-refractivity contribution in [2.24, 2.45) is 5.73 Å². The highest BCUT2D eigenvalue weighted by Crippen LogP contribution is 2.32. The topological polar surface area (TPSA) is 156 Å². The van der Waals surface area contributed by atoms with Crippen molar-refractivity contribution in [1.29, 1.82) is 0 Å². The summed E-state index contributed by atoms with van der Waals surface area (Å²) in [5.41, 5.74) is 12.6. The van der Waals surface area contributed by atoms with Gasteiger partial charge in [0, 0.05) is 73.4 Å². The number of pyridine rings is 1. The fourth-order valence-corrected chi connectivity index (χ4v) is 7.77. The number of ether oxygens (including phenoxy) is 1. The Labute approximate surface area is 326 Å². The van der Waals surface area contributed by atoms with Crippen molar-refractivity contribution < 1.29 is 23.5 Å². The lowest BCUT2D eigenvalue weighted by Crippen LogP contribution is -2.39. The number of nitrogens with two attached hydrogens (primary N) is 1. The van der Waals surface area contributed by atoms with Crippen LogP contribution in [0.4, 0.5) is 10.1 Å². The second kappa shape index (κ2) is 17.4. The molecule has 0 spiro atoms. The van der Waals surface area contributed by atoms with Crippen LogP contribution in [-0.2, 0) is 42.1 Å². The van der Waals surface area contributed by atoms with Gasteiger partial charge in [0.1, 0.15) is 5.82 Å². The molecule has 0 bridgehead atoms. The summed E-state index contributed by atoms with van der Waals surface area (Å²) in [6.07, 6.45) is 5.92. The Morgan fingerprint density at radius 1 is 0.911 bits per heavy atom. The number of aromatic nitrogens is 3. The molecule has 0 aliphatic carbocycles. The number of amides is 3. The van der Waals surface area contributed by atoms with Crippen LogP contribution in [-0.4, -0.2) is 69.2 Å². The Hall–Kier alpha value is -5.66. The molecule has 13 heteroatoms. The summed E-state index contributed by atoms with van der Waals surface area (Å²) in [5.74, 6) is -1.38. The second-order valence-electron chi connectivity index (χ2n) is 14.5. The molecule has 2 fully saturated rings. The number of hydrogen-bond acceptors (Lipinski definition) is 8. The first kappa shape index (κ1) is 38.6. The van der Waals surface area contributed by atoms with Gasteiger partial charge in [0.25, 0.3) is 11.8 Å². The van der Waals surface area contributed by atoms with Crippen LogP contribution in [0.1, 0.15) is 82.6 Å². The third kappa shape index (κ3) is 8.58. The lowest BCUT2D eigenvalue weighted by molar-refractivity contribution is -0.122. The number of nitrogens with zero attached hydrogens (tertiary/aromatic N) is 4. The van der Waals surface area contributed by atoms with Crippen molar-refractivity contribution >= 4 is 34.4 Å². The number of benzene rings is 3. The largest absolute Gasteiger partial charge is 0.381 e. The number of carbonyl (C=O) groups is 3. The van der Waals surface area contributed by atoms with E-state index in [4.69, 9.17) is 15.5 Å². The quantitative estimate of drug-likeness (QED) is 0.112. The number of primary amides is 1. The summed E-state index contributed by atoms with van der Waals surface area (Å²) >= 11 is 0. The van der Waals surface area contributed by atoms with E-state index >= 15 is 4.39 Å². The van der Waals surface area contributed by atoms with Crippen LogP contribution < -0.4 is 21.7 Å². The predicted molar refractivity (Wildman–Crippen MR) is 213 cm³/mol. The van der Waals surface area contributed by atoms with Crippen molar-refractivity contribution in [3.63, 3.8) is 0 Å². The van der Waals surface area contributed by atoms with Crippen molar-refractivity contribution in [3.8, 4) is 11.1 Å². The monoisotopic (exact) mass is 760 g/mol. The Morgan fingerprint density at radius 2 is 1.66 bits per heavy atom. The van der Waals surface area contributed by atoms with Gasteiger partial charge in [-0.2, -0.15) is 5.10 Å². The molecule has 2 aliphatic rings. The molecule has 3 amide bonds.